The van der Waals surface area contributed by atoms with Crippen LogP contribution in [0.3, 0.4) is 0 Å². The molecule has 28 heavy (non-hydrogen) atoms. The highest BCUT2D eigenvalue weighted by Crippen LogP contribution is 2.37. The van der Waals surface area contributed by atoms with Gasteiger partial charge in [-0.1, -0.05) is 36.8 Å². The fourth-order valence-corrected chi connectivity index (χ4v) is 3.36. The van der Waals surface area contributed by atoms with E-state index in [1.807, 2.05) is 0 Å². The summed E-state index contributed by atoms with van der Waals surface area (Å²) in [5.74, 6) is 2.60. The molecule has 3 rings (SSSR count). The summed E-state index contributed by atoms with van der Waals surface area (Å²) < 4.78 is 1.80. The fraction of sp³-hybridized carbons (Fsp3) is 0.476. The van der Waals surface area contributed by atoms with E-state index >= 15 is 0 Å². The first-order valence-corrected chi connectivity index (χ1v) is 9.64. The van der Waals surface area contributed by atoms with Crippen molar-refractivity contribution in [3.8, 4) is 12.3 Å². The second kappa shape index (κ2) is 8.79. The number of hydrogen-bond donors (Lipinski definition) is 1. The molecular weight excluding hydrogens is 352 g/mol. The van der Waals surface area contributed by atoms with Crippen molar-refractivity contribution in [3.63, 3.8) is 0 Å². The van der Waals surface area contributed by atoms with Crippen molar-refractivity contribution >= 4 is 5.91 Å². The summed E-state index contributed by atoms with van der Waals surface area (Å²) in [6.07, 6.45) is 11.6. The molecule has 0 spiro atoms. The summed E-state index contributed by atoms with van der Waals surface area (Å²) in [4.78, 5) is 16.7. The summed E-state index contributed by atoms with van der Waals surface area (Å²) in [5, 5.41) is 15.7. The van der Waals surface area contributed by atoms with E-state index in [9.17, 15) is 4.79 Å². The molecule has 0 saturated carbocycles. The predicted octanol–water partition coefficient (Wildman–Crippen LogP) is 3.43. The number of aryl methyl sites for hydroxylation is 1. The molecule has 0 saturated heterocycles. The Morgan fingerprint density at radius 1 is 1.29 bits per heavy atom. The van der Waals surface area contributed by atoms with E-state index < -0.39 is 5.66 Å². The van der Waals surface area contributed by atoms with Gasteiger partial charge in [-0.25, -0.2) is 9.67 Å². The lowest BCUT2D eigenvalue weighted by Gasteiger charge is -2.28. The molecule has 0 bridgehead atoms. The first-order chi connectivity index (χ1) is 13.6. The minimum atomic E-state index is -0.437. The molecule has 7 nitrogen and oxygen atoms in total. The number of nitrogens with zero attached hydrogens (tertiary/aromatic N) is 5. The smallest absolute Gasteiger partial charge is 0.220 e. The van der Waals surface area contributed by atoms with Crippen LogP contribution in [-0.2, 0) is 4.79 Å². The highest BCUT2D eigenvalue weighted by atomic mass is 16.1. The number of terminal acetylenes is 1. The van der Waals surface area contributed by atoms with Gasteiger partial charge >= 0.3 is 0 Å². The predicted molar refractivity (Wildman–Crippen MR) is 106 cm³/mol. The maximum absolute atomic E-state index is 12.6. The van der Waals surface area contributed by atoms with E-state index in [1.54, 1.807) is 11.0 Å². The molecule has 1 amide bonds. The minimum absolute atomic E-state index is 0.0125. The number of rotatable bonds is 10. The lowest BCUT2D eigenvalue weighted by Crippen LogP contribution is -2.42. The lowest BCUT2D eigenvalue weighted by atomic mass is 9.96. The Balaban J connectivity index is 1.67. The summed E-state index contributed by atoms with van der Waals surface area (Å²) in [6, 6.07) is 8.06. The molecule has 2 heterocycles. The van der Waals surface area contributed by atoms with Gasteiger partial charge in [0.2, 0.25) is 5.91 Å². The Bertz CT molecular complexity index is 844. The number of carbonyl (C=O) groups is 1. The van der Waals surface area contributed by atoms with Crippen LogP contribution < -0.4 is 5.32 Å². The first-order valence-electron chi connectivity index (χ1n) is 9.64. The van der Waals surface area contributed by atoms with Gasteiger partial charge < -0.3 is 5.32 Å². The van der Waals surface area contributed by atoms with Gasteiger partial charge in [-0.3, -0.25) is 4.79 Å². The van der Waals surface area contributed by atoms with Gasteiger partial charge in [0.1, 0.15) is 12.7 Å². The maximum atomic E-state index is 12.6. The second-order valence-corrected chi connectivity index (χ2v) is 7.20. The molecule has 7 heteroatoms. The van der Waals surface area contributed by atoms with E-state index in [0.29, 0.717) is 25.7 Å². The van der Waals surface area contributed by atoms with Crippen LogP contribution in [0.5, 0.6) is 0 Å². The van der Waals surface area contributed by atoms with Crippen molar-refractivity contribution in [2.75, 3.05) is 0 Å². The monoisotopic (exact) mass is 378 g/mol. The quantitative estimate of drug-likeness (QED) is 0.643. The van der Waals surface area contributed by atoms with Crippen molar-refractivity contribution in [3.05, 3.63) is 48.0 Å². The number of amides is 1. The zero-order chi connectivity index (χ0) is 20.0. The van der Waals surface area contributed by atoms with Gasteiger partial charge in [0.05, 0.1) is 12.1 Å². The molecule has 1 aromatic carbocycles. The molecule has 1 aromatic heterocycles. The summed E-state index contributed by atoms with van der Waals surface area (Å²) in [7, 11) is 0. The second-order valence-electron chi connectivity index (χ2n) is 7.20. The number of benzene rings is 1. The minimum Gasteiger partial charge on any atom is -0.351 e. The van der Waals surface area contributed by atoms with E-state index in [1.165, 1.54) is 11.9 Å². The number of aromatic nitrogens is 3. The largest absolute Gasteiger partial charge is 0.351 e. The molecule has 2 unspecified atom stereocenters. The van der Waals surface area contributed by atoms with Crippen molar-refractivity contribution in [2.24, 2.45) is 10.2 Å². The van der Waals surface area contributed by atoms with Crippen molar-refractivity contribution in [1.82, 2.24) is 20.1 Å². The Kier molecular flexibility index (Phi) is 6.19. The molecule has 1 aliphatic heterocycles. The molecule has 1 aliphatic rings. The van der Waals surface area contributed by atoms with Gasteiger partial charge in [0.15, 0.2) is 5.66 Å². The van der Waals surface area contributed by atoms with Crippen LogP contribution in [0.25, 0.3) is 0 Å². The van der Waals surface area contributed by atoms with Gasteiger partial charge in [-0.15, -0.1) is 12.3 Å². The Morgan fingerprint density at radius 3 is 2.61 bits per heavy atom. The molecular formula is C21H26N6O. The van der Waals surface area contributed by atoms with E-state index in [-0.39, 0.29) is 18.0 Å². The van der Waals surface area contributed by atoms with E-state index in [4.69, 9.17) is 6.42 Å². The Hall–Kier alpha value is -3.01. The zero-order valence-electron chi connectivity index (χ0n) is 16.4. The molecule has 2 aromatic rings. The SMILES string of the molecule is C#CCCC1(CCC(=O)NC(CC)C(c2ccc(C)cc2)n2cncn2)N=N1. The summed E-state index contributed by atoms with van der Waals surface area (Å²) in [6.45, 7) is 4.11. The van der Waals surface area contributed by atoms with Crippen LogP contribution >= 0.6 is 0 Å². The van der Waals surface area contributed by atoms with Crippen LogP contribution in [-0.4, -0.2) is 32.4 Å². The molecule has 2 atom stereocenters. The average Bonchev–Trinajstić information content (AvgIpc) is 3.28. The van der Waals surface area contributed by atoms with E-state index in [2.05, 4.69) is 69.7 Å². The first kappa shape index (κ1) is 19.7. The van der Waals surface area contributed by atoms with Crippen LogP contribution in [0, 0.1) is 19.3 Å². The number of nitrogens with one attached hydrogen (secondary N) is 1. The molecule has 1 N–H and O–H groups in total. The third-order valence-electron chi connectivity index (χ3n) is 5.11. The highest BCUT2D eigenvalue weighted by molar-refractivity contribution is 5.76. The Morgan fingerprint density at radius 2 is 2.04 bits per heavy atom. The van der Waals surface area contributed by atoms with Crippen LogP contribution in [0.4, 0.5) is 0 Å². The number of hydrogen-bond acceptors (Lipinski definition) is 5. The van der Waals surface area contributed by atoms with Crippen molar-refractivity contribution < 1.29 is 4.79 Å². The van der Waals surface area contributed by atoms with Crippen molar-refractivity contribution in [1.29, 1.82) is 0 Å². The summed E-state index contributed by atoms with van der Waals surface area (Å²) >= 11 is 0. The maximum Gasteiger partial charge on any atom is 0.220 e. The molecule has 0 radical (unpaired) electrons. The normalized spacial score (nSPS) is 16.2. The van der Waals surface area contributed by atoms with Gasteiger partial charge in [0, 0.05) is 25.7 Å². The third-order valence-corrected chi connectivity index (χ3v) is 5.11. The van der Waals surface area contributed by atoms with Crippen LogP contribution in [0.15, 0.2) is 47.1 Å². The highest BCUT2D eigenvalue weighted by Gasteiger charge is 2.39. The van der Waals surface area contributed by atoms with E-state index in [0.717, 1.165) is 12.0 Å². The topological polar surface area (TPSA) is 84.5 Å². The lowest BCUT2D eigenvalue weighted by molar-refractivity contribution is -0.122. The van der Waals surface area contributed by atoms with Gasteiger partial charge in [0.25, 0.3) is 0 Å². The summed E-state index contributed by atoms with van der Waals surface area (Å²) in [5.41, 5.74) is 1.83. The van der Waals surface area contributed by atoms with Gasteiger partial charge in [-0.2, -0.15) is 15.3 Å². The molecule has 0 aliphatic carbocycles. The number of carbonyl (C=O) groups excluding carboxylic acids is 1. The van der Waals surface area contributed by atoms with Crippen molar-refractivity contribution in [2.45, 2.75) is 63.7 Å². The van der Waals surface area contributed by atoms with Crippen LogP contribution in [0.2, 0.25) is 0 Å². The third kappa shape index (κ3) is 4.83. The Labute approximate surface area is 165 Å². The standard InChI is InChI=1S/C21H26N6O/c1-4-6-12-21(25-26-21)13-11-19(28)24-18(5-2)20(27-15-22-14-23-27)17-9-7-16(3)8-10-17/h1,7-10,14-15,18,20H,5-6,11-13H2,2-3H3,(H,24,28). The zero-order valence-corrected chi connectivity index (χ0v) is 16.4. The van der Waals surface area contributed by atoms with Crippen LogP contribution in [0.1, 0.15) is 56.2 Å². The fourth-order valence-electron chi connectivity index (χ4n) is 3.36. The average molecular weight is 378 g/mol. The molecule has 0 fully saturated rings. The molecule has 146 valence electrons. The van der Waals surface area contributed by atoms with Gasteiger partial charge in [-0.05, 0) is 18.9 Å².